The van der Waals surface area contributed by atoms with Crippen LogP contribution in [-0.4, -0.2) is 61.7 Å². The number of morpholine rings is 1. The molecular formula is C12H27N3O2. The number of nitrogens with two attached hydrogens (primary N) is 1. The van der Waals surface area contributed by atoms with Gasteiger partial charge in [0.05, 0.1) is 13.2 Å². The SMILES string of the molecule is CC[C@@H](C)[C@H](N)C(O)NCCN1CCOCC1. The lowest BCUT2D eigenvalue weighted by molar-refractivity contribution is 0.0332. The first-order valence-corrected chi connectivity index (χ1v) is 6.62. The van der Waals surface area contributed by atoms with Gasteiger partial charge in [0, 0.05) is 32.2 Å². The fraction of sp³-hybridized carbons (Fsp3) is 1.00. The van der Waals surface area contributed by atoms with Crippen LogP contribution in [0.25, 0.3) is 0 Å². The zero-order valence-electron chi connectivity index (χ0n) is 11.1. The highest BCUT2D eigenvalue weighted by Gasteiger charge is 2.19. The second kappa shape index (κ2) is 8.00. The molecule has 0 amide bonds. The van der Waals surface area contributed by atoms with Gasteiger partial charge in [-0.05, 0) is 5.92 Å². The lowest BCUT2D eigenvalue weighted by atomic mass is 9.99. The molecule has 0 radical (unpaired) electrons. The number of nitrogens with zero attached hydrogens (tertiary/aromatic N) is 1. The molecule has 1 heterocycles. The van der Waals surface area contributed by atoms with E-state index in [1.165, 1.54) is 0 Å². The number of nitrogens with one attached hydrogen (secondary N) is 1. The van der Waals surface area contributed by atoms with Crippen LogP contribution in [0.15, 0.2) is 0 Å². The van der Waals surface area contributed by atoms with Gasteiger partial charge in [-0.25, -0.2) is 0 Å². The minimum Gasteiger partial charge on any atom is -0.379 e. The fourth-order valence-corrected chi connectivity index (χ4v) is 1.91. The Balaban J connectivity index is 2.12. The fourth-order valence-electron chi connectivity index (χ4n) is 1.91. The van der Waals surface area contributed by atoms with Crippen molar-refractivity contribution in [3.8, 4) is 0 Å². The molecule has 0 bridgehead atoms. The average molecular weight is 245 g/mol. The van der Waals surface area contributed by atoms with Gasteiger partial charge in [-0.3, -0.25) is 10.2 Å². The third-order valence-electron chi connectivity index (χ3n) is 3.55. The smallest absolute Gasteiger partial charge is 0.120 e. The number of aliphatic hydroxyl groups excluding tert-OH is 1. The van der Waals surface area contributed by atoms with Crippen molar-refractivity contribution in [2.24, 2.45) is 11.7 Å². The lowest BCUT2D eigenvalue weighted by Crippen LogP contribution is -2.50. The Kier molecular flexibility index (Phi) is 6.99. The monoisotopic (exact) mass is 245 g/mol. The van der Waals surface area contributed by atoms with E-state index in [-0.39, 0.29) is 6.04 Å². The second-order valence-corrected chi connectivity index (χ2v) is 4.82. The van der Waals surface area contributed by atoms with E-state index in [1.807, 2.05) is 0 Å². The lowest BCUT2D eigenvalue weighted by Gasteiger charge is -2.29. The van der Waals surface area contributed by atoms with Crippen molar-refractivity contribution >= 4 is 0 Å². The van der Waals surface area contributed by atoms with E-state index in [0.29, 0.717) is 5.92 Å². The van der Waals surface area contributed by atoms with E-state index in [4.69, 9.17) is 10.5 Å². The number of hydrogen-bond acceptors (Lipinski definition) is 5. The van der Waals surface area contributed by atoms with Crippen molar-refractivity contribution < 1.29 is 9.84 Å². The molecule has 102 valence electrons. The van der Waals surface area contributed by atoms with Crippen molar-refractivity contribution in [1.82, 2.24) is 10.2 Å². The molecule has 3 atom stereocenters. The van der Waals surface area contributed by atoms with Gasteiger partial charge in [0.1, 0.15) is 6.23 Å². The Morgan fingerprint density at radius 1 is 1.41 bits per heavy atom. The molecule has 4 N–H and O–H groups in total. The van der Waals surface area contributed by atoms with Gasteiger partial charge in [-0.1, -0.05) is 20.3 Å². The molecule has 0 aliphatic carbocycles. The van der Waals surface area contributed by atoms with E-state index in [2.05, 4.69) is 24.1 Å². The standard InChI is InChI=1S/C12H27N3O2/c1-3-10(2)11(13)12(16)14-4-5-15-6-8-17-9-7-15/h10-12,14,16H,3-9,13H2,1-2H3/t10-,11+,12?/m1/s1. The van der Waals surface area contributed by atoms with E-state index in [0.717, 1.165) is 45.8 Å². The molecule has 17 heavy (non-hydrogen) atoms. The predicted octanol–water partition coefficient (Wildman–Crippen LogP) is -0.400. The molecule has 1 rings (SSSR count). The highest BCUT2D eigenvalue weighted by atomic mass is 16.5. The van der Waals surface area contributed by atoms with Crippen molar-refractivity contribution in [3.05, 3.63) is 0 Å². The molecule has 1 saturated heterocycles. The van der Waals surface area contributed by atoms with E-state index >= 15 is 0 Å². The maximum atomic E-state index is 9.87. The van der Waals surface area contributed by atoms with E-state index in [9.17, 15) is 5.11 Å². The average Bonchev–Trinajstić information content (AvgIpc) is 2.38. The molecule has 1 aliphatic rings. The van der Waals surface area contributed by atoms with Gasteiger partial charge in [0.25, 0.3) is 0 Å². The molecular weight excluding hydrogens is 218 g/mol. The first-order valence-electron chi connectivity index (χ1n) is 6.62. The summed E-state index contributed by atoms with van der Waals surface area (Å²) in [6, 6.07) is -0.190. The molecule has 5 nitrogen and oxygen atoms in total. The summed E-state index contributed by atoms with van der Waals surface area (Å²) in [7, 11) is 0. The zero-order valence-corrected chi connectivity index (χ0v) is 11.1. The minimum absolute atomic E-state index is 0.190. The highest BCUT2D eigenvalue weighted by molar-refractivity contribution is 4.75. The summed E-state index contributed by atoms with van der Waals surface area (Å²) < 4.78 is 5.28. The Bertz CT molecular complexity index is 198. The number of rotatable bonds is 7. The van der Waals surface area contributed by atoms with Crippen LogP contribution in [0.2, 0.25) is 0 Å². The van der Waals surface area contributed by atoms with Gasteiger partial charge in [0.15, 0.2) is 0 Å². The highest BCUT2D eigenvalue weighted by Crippen LogP contribution is 2.07. The van der Waals surface area contributed by atoms with Crippen LogP contribution < -0.4 is 11.1 Å². The summed E-state index contributed by atoms with van der Waals surface area (Å²) in [5.41, 5.74) is 5.94. The first kappa shape index (κ1) is 14.9. The molecule has 0 saturated carbocycles. The van der Waals surface area contributed by atoms with Crippen molar-refractivity contribution in [1.29, 1.82) is 0 Å². The van der Waals surface area contributed by atoms with E-state index < -0.39 is 6.23 Å². The van der Waals surface area contributed by atoms with Crippen molar-refractivity contribution in [2.75, 3.05) is 39.4 Å². The summed E-state index contributed by atoms with van der Waals surface area (Å²) >= 11 is 0. The van der Waals surface area contributed by atoms with Crippen LogP contribution >= 0.6 is 0 Å². The zero-order chi connectivity index (χ0) is 12.7. The van der Waals surface area contributed by atoms with Crippen LogP contribution in [0.1, 0.15) is 20.3 Å². The molecule has 5 heteroatoms. The van der Waals surface area contributed by atoms with Gasteiger partial charge in [-0.2, -0.15) is 0 Å². The Labute approximate surface area is 104 Å². The van der Waals surface area contributed by atoms with Crippen LogP contribution in [0, 0.1) is 5.92 Å². The Hall–Kier alpha value is -0.200. The first-order chi connectivity index (χ1) is 8.15. The molecule has 1 unspecified atom stereocenters. The van der Waals surface area contributed by atoms with E-state index in [1.54, 1.807) is 0 Å². The molecule has 0 spiro atoms. The summed E-state index contributed by atoms with van der Waals surface area (Å²) in [6.45, 7) is 9.45. The molecule has 1 aliphatic heterocycles. The maximum Gasteiger partial charge on any atom is 0.120 e. The van der Waals surface area contributed by atoms with Crippen LogP contribution in [0.4, 0.5) is 0 Å². The number of aliphatic hydroxyl groups is 1. The van der Waals surface area contributed by atoms with Crippen LogP contribution in [-0.2, 0) is 4.74 Å². The third kappa shape index (κ3) is 5.31. The molecule has 0 aromatic carbocycles. The quantitative estimate of drug-likeness (QED) is 0.532. The summed E-state index contributed by atoms with van der Waals surface area (Å²) in [4.78, 5) is 2.33. The van der Waals surface area contributed by atoms with Crippen LogP contribution in [0.3, 0.4) is 0 Å². The minimum atomic E-state index is -0.606. The normalized spacial score (nSPS) is 23.3. The van der Waals surface area contributed by atoms with Gasteiger partial charge >= 0.3 is 0 Å². The second-order valence-electron chi connectivity index (χ2n) is 4.82. The van der Waals surface area contributed by atoms with Gasteiger partial charge in [0.2, 0.25) is 0 Å². The Morgan fingerprint density at radius 2 is 2.06 bits per heavy atom. The topological polar surface area (TPSA) is 70.8 Å². The Morgan fingerprint density at radius 3 is 2.65 bits per heavy atom. The maximum absolute atomic E-state index is 9.87. The van der Waals surface area contributed by atoms with Crippen molar-refractivity contribution in [3.63, 3.8) is 0 Å². The number of hydrogen-bond donors (Lipinski definition) is 3. The largest absolute Gasteiger partial charge is 0.379 e. The molecule has 0 aromatic rings. The molecule has 1 fully saturated rings. The summed E-state index contributed by atoms with van der Waals surface area (Å²) in [6.07, 6.45) is 0.384. The van der Waals surface area contributed by atoms with Gasteiger partial charge < -0.3 is 15.6 Å². The summed E-state index contributed by atoms with van der Waals surface area (Å²) in [5.74, 6) is 0.334. The number of ether oxygens (including phenoxy) is 1. The third-order valence-corrected chi connectivity index (χ3v) is 3.55. The van der Waals surface area contributed by atoms with Crippen molar-refractivity contribution in [2.45, 2.75) is 32.5 Å². The summed E-state index contributed by atoms with van der Waals surface area (Å²) in [5, 5.41) is 13.0. The van der Waals surface area contributed by atoms with Crippen LogP contribution in [0.5, 0.6) is 0 Å². The molecule has 0 aromatic heterocycles. The van der Waals surface area contributed by atoms with Gasteiger partial charge in [-0.15, -0.1) is 0 Å². The predicted molar refractivity (Wildman–Crippen MR) is 68.7 cm³/mol.